The molecule has 154 valence electrons. The fourth-order valence-corrected chi connectivity index (χ4v) is 3.38. The van der Waals surface area contributed by atoms with Crippen molar-refractivity contribution in [3.05, 3.63) is 0 Å². The van der Waals surface area contributed by atoms with E-state index in [1.807, 2.05) is 0 Å². The first-order valence-corrected chi connectivity index (χ1v) is 8.75. The number of nitrogens with one attached hydrogen (secondary N) is 1. The van der Waals surface area contributed by atoms with Gasteiger partial charge in [-0.05, 0) is 12.8 Å². The van der Waals surface area contributed by atoms with Crippen LogP contribution in [0.3, 0.4) is 0 Å². The number of nitrogens with zero attached hydrogens (tertiary/aromatic N) is 3. The van der Waals surface area contributed by atoms with E-state index < -0.39 is 12.7 Å². The monoisotopic (exact) mass is 494 g/mol. The molecule has 1 N–H and O–H groups in total. The summed E-state index contributed by atoms with van der Waals surface area (Å²) in [6.07, 6.45) is -2.41. The summed E-state index contributed by atoms with van der Waals surface area (Å²) in [6, 6.07) is 0.0121. The number of aliphatic imine (C=N–C) groups is 1. The molecule has 0 bridgehead atoms. The van der Waals surface area contributed by atoms with Crippen molar-refractivity contribution in [1.29, 1.82) is 0 Å². The Morgan fingerprint density at radius 1 is 1.19 bits per heavy atom. The van der Waals surface area contributed by atoms with Gasteiger partial charge in [-0.2, -0.15) is 13.2 Å². The maximum Gasteiger partial charge on any atom is 0.401 e. The highest BCUT2D eigenvalue weighted by molar-refractivity contribution is 14.0. The zero-order valence-electron chi connectivity index (χ0n) is 15.4. The van der Waals surface area contributed by atoms with Crippen molar-refractivity contribution < 1.29 is 22.6 Å². The normalized spacial score (nSPS) is 24.8. The maximum atomic E-state index is 12.5. The maximum absolute atomic E-state index is 12.5. The minimum atomic E-state index is -4.14. The van der Waals surface area contributed by atoms with Crippen molar-refractivity contribution in [2.24, 2.45) is 10.9 Å². The average molecular weight is 494 g/mol. The molecule has 0 aromatic rings. The van der Waals surface area contributed by atoms with E-state index in [1.165, 1.54) is 4.90 Å². The predicted molar refractivity (Wildman–Crippen MR) is 105 cm³/mol. The minimum absolute atomic E-state index is 0. The molecule has 2 saturated heterocycles. The van der Waals surface area contributed by atoms with Gasteiger partial charge in [0.2, 0.25) is 0 Å². The molecule has 0 aromatic carbocycles. The average Bonchev–Trinajstić information content (AvgIpc) is 3.17. The fourth-order valence-electron chi connectivity index (χ4n) is 3.38. The fraction of sp³-hybridized carbons (Fsp3) is 0.938. The number of rotatable bonds is 7. The molecule has 0 saturated carbocycles. The van der Waals surface area contributed by atoms with Gasteiger partial charge < -0.3 is 19.7 Å². The molecule has 0 aliphatic carbocycles. The summed E-state index contributed by atoms with van der Waals surface area (Å²) in [4.78, 5) is 7.92. The van der Waals surface area contributed by atoms with Crippen LogP contribution in [0.4, 0.5) is 13.2 Å². The first kappa shape index (κ1) is 23.7. The van der Waals surface area contributed by atoms with E-state index >= 15 is 0 Å². The van der Waals surface area contributed by atoms with Crippen molar-refractivity contribution in [1.82, 2.24) is 15.1 Å². The quantitative estimate of drug-likeness (QED) is 0.253. The third-order valence-electron chi connectivity index (χ3n) is 4.59. The minimum Gasteiger partial charge on any atom is -0.382 e. The number of alkyl halides is 3. The number of hydrogen-bond acceptors (Lipinski definition) is 4. The van der Waals surface area contributed by atoms with E-state index in [9.17, 15) is 13.2 Å². The highest BCUT2D eigenvalue weighted by Crippen LogP contribution is 2.21. The molecule has 6 nitrogen and oxygen atoms in total. The van der Waals surface area contributed by atoms with Crippen molar-refractivity contribution in [2.45, 2.75) is 25.1 Å². The van der Waals surface area contributed by atoms with Gasteiger partial charge >= 0.3 is 6.18 Å². The lowest BCUT2D eigenvalue weighted by molar-refractivity contribution is -0.143. The van der Waals surface area contributed by atoms with E-state index in [2.05, 4.69) is 15.2 Å². The number of guanidine groups is 1. The van der Waals surface area contributed by atoms with Gasteiger partial charge in [-0.3, -0.25) is 9.89 Å². The Labute approximate surface area is 170 Å². The summed E-state index contributed by atoms with van der Waals surface area (Å²) < 4.78 is 48.0. The Morgan fingerprint density at radius 3 is 2.62 bits per heavy atom. The molecule has 0 amide bonds. The molecule has 2 aliphatic heterocycles. The molecule has 0 aromatic heterocycles. The Balaban J connectivity index is 0.00000338. The first-order valence-electron chi connectivity index (χ1n) is 8.75. The molecular weight excluding hydrogens is 464 g/mol. The Morgan fingerprint density at radius 2 is 1.96 bits per heavy atom. The molecule has 2 atom stereocenters. The summed E-state index contributed by atoms with van der Waals surface area (Å²) >= 11 is 0. The Hall–Kier alpha value is -0.330. The van der Waals surface area contributed by atoms with Crippen molar-refractivity contribution in [3.63, 3.8) is 0 Å². The van der Waals surface area contributed by atoms with E-state index in [-0.39, 0.29) is 30.0 Å². The van der Waals surface area contributed by atoms with Crippen molar-refractivity contribution in [3.8, 4) is 0 Å². The smallest absolute Gasteiger partial charge is 0.382 e. The van der Waals surface area contributed by atoms with Gasteiger partial charge in [0.05, 0.1) is 26.4 Å². The second kappa shape index (κ2) is 11.5. The first-order chi connectivity index (χ1) is 11.9. The van der Waals surface area contributed by atoms with Gasteiger partial charge in [0, 0.05) is 52.3 Å². The molecule has 2 aliphatic rings. The SMILES string of the molecule is CN=C(NC1CCN(CC(F)(F)F)C1)N1CCC(COCCOC)C1.I. The molecule has 0 radical (unpaired) electrons. The topological polar surface area (TPSA) is 49.3 Å². The summed E-state index contributed by atoms with van der Waals surface area (Å²) in [5.41, 5.74) is 0. The van der Waals surface area contributed by atoms with E-state index in [0.29, 0.717) is 45.2 Å². The number of methoxy groups -OCH3 is 1. The summed E-state index contributed by atoms with van der Waals surface area (Å²) in [6.45, 7) is 3.64. The Bertz CT molecular complexity index is 440. The second-order valence-corrected chi connectivity index (χ2v) is 6.70. The van der Waals surface area contributed by atoms with E-state index in [1.54, 1.807) is 14.2 Å². The van der Waals surface area contributed by atoms with Gasteiger partial charge in [-0.1, -0.05) is 0 Å². The molecule has 2 fully saturated rings. The Kier molecular flexibility index (Phi) is 10.5. The predicted octanol–water partition coefficient (Wildman–Crippen LogP) is 1.80. The standard InChI is InChI=1S/C16H29F3N4O2.HI/c1-20-15(21-14-4-5-22(10-14)12-16(17,18)19)23-6-3-13(9-23)11-25-8-7-24-2;/h13-14H,3-12H2,1-2H3,(H,20,21);1H. The lowest BCUT2D eigenvalue weighted by atomic mass is 10.1. The third-order valence-corrected chi connectivity index (χ3v) is 4.59. The van der Waals surface area contributed by atoms with Crippen LogP contribution in [0.5, 0.6) is 0 Å². The molecular formula is C16H30F3IN4O2. The van der Waals surface area contributed by atoms with Crippen LogP contribution in [-0.4, -0.2) is 94.7 Å². The van der Waals surface area contributed by atoms with Gasteiger partial charge in [-0.15, -0.1) is 24.0 Å². The van der Waals surface area contributed by atoms with Crippen molar-refractivity contribution >= 4 is 29.9 Å². The third kappa shape index (κ3) is 8.13. The van der Waals surface area contributed by atoms with Crippen LogP contribution in [0.1, 0.15) is 12.8 Å². The molecule has 2 rings (SSSR count). The molecule has 26 heavy (non-hydrogen) atoms. The molecule has 2 unspecified atom stereocenters. The summed E-state index contributed by atoms with van der Waals surface area (Å²) in [7, 11) is 3.36. The van der Waals surface area contributed by atoms with E-state index in [4.69, 9.17) is 9.47 Å². The van der Waals surface area contributed by atoms with Crippen LogP contribution in [-0.2, 0) is 9.47 Å². The number of hydrogen-bond donors (Lipinski definition) is 1. The van der Waals surface area contributed by atoms with Crippen LogP contribution >= 0.6 is 24.0 Å². The van der Waals surface area contributed by atoms with Crippen LogP contribution in [0, 0.1) is 5.92 Å². The molecule has 0 spiro atoms. The van der Waals surface area contributed by atoms with Crippen LogP contribution in [0.2, 0.25) is 0 Å². The highest BCUT2D eigenvalue weighted by atomic mass is 127. The zero-order valence-corrected chi connectivity index (χ0v) is 17.8. The van der Waals surface area contributed by atoms with Crippen LogP contribution in [0.25, 0.3) is 0 Å². The molecule has 10 heteroatoms. The van der Waals surface area contributed by atoms with Gasteiger partial charge in [-0.25, -0.2) is 0 Å². The lowest BCUT2D eigenvalue weighted by Crippen LogP contribution is -2.46. The van der Waals surface area contributed by atoms with Gasteiger partial charge in [0.1, 0.15) is 0 Å². The highest BCUT2D eigenvalue weighted by Gasteiger charge is 2.35. The van der Waals surface area contributed by atoms with Gasteiger partial charge in [0.25, 0.3) is 0 Å². The van der Waals surface area contributed by atoms with Gasteiger partial charge in [0.15, 0.2) is 5.96 Å². The van der Waals surface area contributed by atoms with Crippen LogP contribution < -0.4 is 5.32 Å². The lowest BCUT2D eigenvalue weighted by Gasteiger charge is -2.25. The van der Waals surface area contributed by atoms with E-state index in [0.717, 1.165) is 25.5 Å². The molecule has 2 heterocycles. The number of ether oxygens (including phenoxy) is 2. The number of halogens is 4. The summed E-state index contributed by atoms with van der Waals surface area (Å²) in [5.74, 6) is 1.22. The summed E-state index contributed by atoms with van der Waals surface area (Å²) in [5, 5.41) is 3.33. The van der Waals surface area contributed by atoms with Crippen molar-refractivity contribution in [2.75, 3.05) is 66.7 Å². The largest absolute Gasteiger partial charge is 0.401 e. The zero-order chi connectivity index (χ0) is 18.3. The number of likely N-dealkylation sites (tertiary alicyclic amines) is 2. The second-order valence-electron chi connectivity index (χ2n) is 6.70. The van der Waals surface area contributed by atoms with Crippen LogP contribution in [0.15, 0.2) is 4.99 Å².